The van der Waals surface area contributed by atoms with Gasteiger partial charge in [-0.05, 0) is 44.0 Å². The van der Waals surface area contributed by atoms with Gasteiger partial charge in [-0.2, -0.15) is 0 Å². The zero-order chi connectivity index (χ0) is 19.5. The van der Waals surface area contributed by atoms with Gasteiger partial charge >= 0.3 is 5.97 Å². The van der Waals surface area contributed by atoms with Gasteiger partial charge in [0, 0.05) is 37.2 Å². The third kappa shape index (κ3) is 3.45. The first kappa shape index (κ1) is 18.1. The fourth-order valence-corrected chi connectivity index (χ4v) is 3.47. The summed E-state index contributed by atoms with van der Waals surface area (Å²) in [5, 5.41) is 8.39. The molecule has 1 amide bonds. The molecule has 3 aromatic heterocycles. The molecule has 0 N–H and O–H groups in total. The molecule has 1 aliphatic heterocycles. The molecule has 1 aliphatic rings. The minimum absolute atomic E-state index is 0.0601. The lowest BCUT2D eigenvalue weighted by atomic mass is 9.96. The van der Waals surface area contributed by atoms with Gasteiger partial charge in [0.2, 0.25) is 0 Å². The Hall–Kier alpha value is -3.29. The van der Waals surface area contributed by atoms with Crippen molar-refractivity contribution in [2.24, 2.45) is 5.92 Å². The second kappa shape index (κ2) is 7.75. The van der Waals surface area contributed by atoms with Gasteiger partial charge in [0.25, 0.3) is 5.91 Å². The highest BCUT2D eigenvalue weighted by molar-refractivity contribution is 5.94. The van der Waals surface area contributed by atoms with Crippen LogP contribution in [0.15, 0.2) is 42.9 Å². The van der Waals surface area contributed by atoms with Crippen LogP contribution in [-0.2, 0) is 9.53 Å². The summed E-state index contributed by atoms with van der Waals surface area (Å²) in [6, 6.07) is 7.28. The van der Waals surface area contributed by atoms with E-state index in [1.165, 1.54) is 0 Å². The average molecular weight is 379 g/mol. The van der Waals surface area contributed by atoms with Crippen molar-refractivity contribution in [1.82, 2.24) is 24.5 Å². The number of piperidine rings is 1. The number of likely N-dealkylation sites (tertiary alicyclic amines) is 1. The number of nitrogens with zero attached hydrogens (tertiary/aromatic N) is 5. The van der Waals surface area contributed by atoms with E-state index in [1.807, 2.05) is 12.1 Å². The third-order valence-corrected chi connectivity index (χ3v) is 4.97. The molecule has 0 bridgehead atoms. The first-order valence-electron chi connectivity index (χ1n) is 9.38. The number of carbonyl (C=O) groups excluding carboxylic acids is 2. The number of pyridine rings is 2. The Morgan fingerprint density at radius 3 is 2.71 bits per heavy atom. The van der Waals surface area contributed by atoms with Crippen LogP contribution in [0.2, 0.25) is 0 Å². The van der Waals surface area contributed by atoms with Crippen molar-refractivity contribution in [3.8, 4) is 11.4 Å². The highest BCUT2D eigenvalue weighted by atomic mass is 16.5. The molecule has 144 valence electrons. The molecule has 1 saturated heterocycles. The number of esters is 1. The van der Waals surface area contributed by atoms with Gasteiger partial charge in [-0.25, -0.2) is 0 Å². The maximum atomic E-state index is 13.0. The Balaban J connectivity index is 1.53. The summed E-state index contributed by atoms with van der Waals surface area (Å²) in [5.74, 6) is 0.289. The van der Waals surface area contributed by atoms with Crippen LogP contribution in [0.3, 0.4) is 0 Å². The molecule has 0 aromatic carbocycles. The Morgan fingerprint density at radius 2 is 2.00 bits per heavy atom. The molecule has 0 aliphatic carbocycles. The van der Waals surface area contributed by atoms with Crippen LogP contribution in [0, 0.1) is 5.92 Å². The van der Waals surface area contributed by atoms with Gasteiger partial charge in [0.15, 0.2) is 11.5 Å². The predicted octanol–water partition coefficient (Wildman–Crippen LogP) is 2.21. The molecule has 0 saturated carbocycles. The predicted molar refractivity (Wildman–Crippen MR) is 101 cm³/mol. The van der Waals surface area contributed by atoms with Crippen molar-refractivity contribution in [2.75, 3.05) is 19.7 Å². The van der Waals surface area contributed by atoms with Gasteiger partial charge in [-0.3, -0.25) is 19.0 Å². The number of carbonyl (C=O) groups is 2. The van der Waals surface area contributed by atoms with E-state index in [0.717, 1.165) is 5.56 Å². The molecule has 4 rings (SSSR count). The van der Waals surface area contributed by atoms with E-state index in [1.54, 1.807) is 46.9 Å². The Bertz CT molecular complexity index is 994. The number of hydrogen-bond donors (Lipinski definition) is 0. The molecule has 8 nitrogen and oxygen atoms in total. The van der Waals surface area contributed by atoms with E-state index in [4.69, 9.17) is 4.74 Å². The second-order valence-electron chi connectivity index (χ2n) is 6.73. The smallest absolute Gasteiger partial charge is 0.309 e. The summed E-state index contributed by atoms with van der Waals surface area (Å²) in [7, 11) is 0. The summed E-state index contributed by atoms with van der Waals surface area (Å²) in [5.41, 5.74) is 2.05. The Morgan fingerprint density at radius 1 is 1.18 bits per heavy atom. The van der Waals surface area contributed by atoms with E-state index in [9.17, 15) is 9.59 Å². The molecule has 28 heavy (non-hydrogen) atoms. The van der Waals surface area contributed by atoms with Crippen molar-refractivity contribution >= 4 is 17.5 Å². The lowest BCUT2D eigenvalue weighted by molar-refractivity contribution is -0.149. The number of fused-ring (bicyclic) bond motifs is 1. The standard InChI is InChI=1S/C20H21N5O3/c1-2-28-20(27)14-7-10-24(11-8-14)19(26)16-5-6-17-22-23-18(25(17)13-16)15-4-3-9-21-12-15/h3-6,9,12-14H,2,7-8,10-11H2,1H3. The maximum absolute atomic E-state index is 13.0. The van der Waals surface area contributed by atoms with Gasteiger partial charge < -0.3 is 9.64 Å². The van der Waals surface area contributed by atoms with E-state index in [-0.39, 0.29) is 17.8 Å². The van der Waals surface area contributed by atoms with Gasteiger partial charge in [0.05, 0.1) is 18.1 Å². The molecule has 0 radical (unpaired) electrons. The minimum Gasteiger partial charge on any atom is -0.466 e. The Labute approximate surface area is 162 Å². The van der Waals surface area contributed by atoms with Crippen molar-refractivity contribution in [3.63, 3.8) is 0 Å². The van der Waals surface area contributed by atoms with Crippen molar-refractivity contribution < 1.29 is 14.3 Å². The number of hydrogen-bond acceptors (Lipinski definition) is 6. The summed E-state index contributed by atoms with van der Waals surface area (Å²) in [6.45, 7) is 3.27. The zero-order valence-corrected chi connectivity index (χ0v) is 15.6. The fraction of sp³-hybridized carbons (Fsp3) is 0.350. The number of aromatic nitrogens is 4. The quantitative estimate of drug-likeness (QED) is 0.646. The molecule has 0 atom stereocenters. The normalized spacial score (nSPS) is 15.0. The number of amides is 1. The van der Waals surface area contributed by atoms with Gasteiger partial charge in [-0.1, -0.05) is 0 Å². The van der Waals surface area contributed by atoms with Gasteiger partial charge in [0.1, 0.15) is 0 Å². The van der Waals surface area contributed by atoms with Crippen LogP contribution in [0.25, 0.3) is 17.0 Å². The summed E-state index contributed by atoms with van der Waals surface area (Å²) in [6.07, 6.45) is 6.42. The molecule has 8 heteroatoms. The van der Waals surface area contributed by atoms with Gasteiger partial charge in [-0.15, -0.1) is 10.2 Å². The lowest BCUT2D eigenvalue weighted by Gasteiger charge is -2.30. The largest absolute Gasteiger partial charge is 0.466 e. The summed E-state index contributed by atoms with van der Waals surface area (Å²) in [4.78, 5) is 30.7. The molecule has 1 fully saturated rings. The average Bonchev–Trinajstić information content (AvgIpc) is 3.17. The van der Waals surface area contributed by atoms with Crippen LogP contribution in [-0.4, -0.2) is 56.1 Å². The van der Waals surface area contributed by atoms with E-state index in [0.29, 0.717) is 49.6 Å². The van der Waals surface area contributed by atoms with Crippen LogP contribution < -0.4 is 0 Å². The molecular formula is C20H21N5O3. The number of ether oxygens (including phenoxy) is 1. The maximum Gasteiger partial charge on any atom is 0.309 e. The molecule has 3 aromatic rings. The summed E-state index contributed by atoms with van der Waals surface area (Å²) >= 11 is 0. The van der Waals surface area contributed by atoms with Crippen LogP contribution >= 0.6 is 0 Å². The second-order valence-corrected chi connectivity index (χ2v) is 6.73. The first-order valence-corrected chi connectivity index (χ1v) is 9.38. The van der Waals surface area contributed by atoms with E-state index >= 15 is 0 Å². The molecular weight excluding hydrogens is 358 g/mol. The fourth-order valence-electron chi connectivity index (χ4n) is 3.47. The molecule has 0 unspecified atom stereocenters. The van der Waals surface area contributed by atoms with Crippen LogP contribution in [0.5, 0.6) is 0 Å². The van der Waals surface area contributed by atoms with Crippen LogP contribution in [0.1, 0.15) is 30.1 Å². The topological polar surface area (TPSA) is 89.7 Å². The molecule has 0 spiro atoms. The lowest BCUT2D eigenvalue weighted by Crippen LogP contribution is -2.40. The van der Waals surface area contributed by atoms with Crippen molar-refractivity contribution in [3.05, 3.63) is 48.4 Å². The minimum atomic E-state index is -0.165. The van der Waals surface area contributed by atoms with E-state index < -0.39 is 0 Å². The first-order chi connectivity index (χ1) is 13.7. The SMILES string of the molecule is CCOC(=O)C1CCN(C(=O)c2ccc3nnc(-c4cccnc4)n3c2)CC1. The van der Waals surface area contributed by atoms with Crippen molar-refractivity contribution in [1.29, 1.82) is 0 Å². The monoisotopic (exact) mass is 379 g/mol. The Kier molecular flexibility index (Phi) is 5.01. The van der Waals surface area contributed by atoms with E-state index in [2.05, 4.69) is 15.2 Å². The zero-order valence-electron chi connectivity index (χ0n) is 15.6. The number of rotatable bonds is 4. The summed E-state index contributed by atoms with van der Waals surface area (Å²) < 4.78 is 6.89. The van der Waals surface area contributed by atoms with Crippen LogP contribution in [0.4, 0.5) is 0 Å². The van der Waals surface area contributed by atoms with Crippen molar-refractivity contribution in [2.45, 2.75) is 19.8 Å². The molecule has 4 heterocycles. The third-order valence-electron chi connectivity index (χ3n) is 4.97. The highest BCUT2D eigenvalue weighted by Crippen LogP contribution is 2.22. The highest BCUT2D eigenvalue weighted by Gasteiger charge is 2.28.